The second kappa shape index (κ2) is 14.4. The summed E-state index contributed by atoms with van der Waals surface area (Å²) in [5.74, 6) is 0.960. The molecule has 0 radical (unpaired) electrons. The number of hydrogen-bond acceptors (Lipinski definition) is 4. The number of ketones is 1. The molecule has 0 saturated heterocycles. The van der Waals surface area contributed by atoms with Gasteiger partial charge in [0.1, 0.15) is 5.78 Å². The molecular formula is C35H36Cl2O3S2. The van der Waals surface area contributed by atoms with E-state index in [1.807, 2.05) is 18.2 Å². The van der Waals surface area contributed by atoms with Crippen molar-refractivity contribution in [1.29, 1.82) is 0 Å². The molecule has 42 heavy (non-hydrogen) atoms. The van der Waals surface area contributed by atoms with Crippen molar-refractivity contribution in [1.82, 2.24) is 0 Å². The Balaban J connectivity index is 0.000000168. The number of rotatable bonds is 8. The summed E-state index contributed by atoms with van der Waals surface area (Å²) >= 11 is 15.3. The lowest BCUT2D eigenvalue weighted by atomic mass is 9.92. The number of thiophene rings is 2. The SMILES string of the molecule is CC(=O)[C@@H]1CC[C@@H](Cc2ccccc2-c2ccc(Cl)s2)C1.O=C(O)[C@@H]1CC[C@@H](Cc2ccccc2-c2ccc(Cl)s2)C1. The number of hydrogen-bond donors (Lipinski definition) is 1. The Morgan fingerprint density at radius 2 is 1.14 bits per heavy atom. The zero-order chi connectivity index (χ0) is 29.6. The fourth-order valence-corrected chi connectivity index (χ4v) is 8.74. The molecule has 220 valence electrons. The molecule has 1 N–H and O–H groups in total. The van der Waals surface area contributed by atoms with E-state index in [1.165, 1.54) is 38.4 Å². The molecule has 0 amide bonds. The summed E-state index contributed by atoms with van der Waals surface area (Å²) in [5, 5.41) is 9.12. The van der Waals surface area contributed by atoms with Crippen LogP contribution in [0.4, 0.5) is 0 Å². The summed E-state index contributed by atoms with van der Waals surface area (Å²) in [6, 6.07) is 25.0. The van der Waals surface area contributed by atoms with Gasteiger partial charge in [0.2, 0.25) is 0 Å². The zero-order valence-corrected chi connectivity index (χ0v) is 26.9. The van der Waals surface area contributed by atoms with Crippen LogP contribution < -0.4 is 0 Å². The highest BCUT2D eigenvalue weighted by molar-refractivity contribution is 7.19. The number of carbonyl (C=O) groups excluding carboxylic acids is 1. The highest BCUT2D eigenvalue weighted by Gasteiger charge is 2.30. The average Bonchev–Trinajstić information content (AvgIpc) is 3.78. The predicted octanol–water partition coefficient (Wildman–Crippen LogP) is 10.7. The lowest BCUT2D eigenvalue weighted by molar-refractivity contribution is -0.141. The predicted molar refractivity (Wildman–Crippen MR) is 177 cm³/mol. The first kappa shape index (κ1) is 31.0. The van der Waals surface area contributed by atoms with Crippen LogP contribution in [0.2, 0.25) is 8.67 Å². The number of carboxylic acid groups (broad SMARTS) is 1. The largest absolute Gasteiger partial charge is 0.481 e. The summed E-state index contributed by atoms with van der Waals surface area (Å²) in [6.07, 6.45) is 7.93. The first-order valence-corrected chi connectivity index (χ1v) is 17.1. The van der Waals surface area contributed by atoms with Crippen LogP contribution in [-0.2, 0) is 22.4 Å². The van der Waals surface area contributed by atoms with Crippen LogP contribution in [0.5, 0.6) is 0 Å². The van der Waals surface area contributed by atoms with Gasteiger partial charge in [-0.2, -0.15) is 0 Å². The van der Waals surface area contributed by atoms with Crippen molar-refractivity contribution in [3.05, 3.63) is 92.6 Å². The average molecular weight is 640 g/mol. The maximum atomic E-state index is 11.5. The molecule has 4 aromatic rings. The number of aliphatic carboxylic acids is 1. The molecule has 2 heterocycles. The Morgan fingerprint density at radius 3 is 1.52 bits per heavy atom. The fraction of sp³-hybridized carbons (Fsp3) is 0.371. The Bertz CT molecular complexity index is 1410. The van der Waals surface area contributed by atoms with E-state index < -0.39 is 5.97 Å². The summed E-state index contributed by atoms with van der Waals surface area (Å²) in [5.41, 5.74) is 5.20. The van der Waals surface area contributed by atoms with Crippen molar-refractivity contribution in [2.75, 3.05) is 0 Å². The molecule has 4 atom stereocenters. The van der Waals surface area contributed by atoms with E-state index in [0.717, 1.165) is 53.6 Å². The van der Waals surface area contributed by atoms with E-state index in [-0.39, 0.29) is 5.92 Å². The van der Waals surface area contributed by atoms with Crippen molar-refractivity contribution < 1.29 is 14.7 Å². The molecule has 0 spiro atoms. The monoisotopic (exact) mass is 638 g/mol. The van der Waals surface area contributed by atoms with Gasteiger partial charge >= 0.3 is 5.97 Å². The quantitative estimate of drug-likeness (QED) is 0.209. The minimum absolute atomic E-state index is 0.154. The number of carbonyl (C=O) groups is 2. The molecular weight excluding hydrogens is 603 g/mol. The Labute approximate surface area is 266 Å². The van der Waals surface area contributed by atoms with Crippen molar-refractivity contribution in [3.8, 4) is 20.9 Å². The van der Waals surface area contributed by atoms with Gasteiger partial charge in [-0.1, -0.05) is 71.7 Å². The van der Waals surface area contributed by atoms with Crippen molar-refractivity contribution >= 4 is 57.6 Å². The Hall–Kier alpha value is -2.44. The third-order valence-corrected chi connectivity index (χ3v) is 11.3. The van der Waals surface area contributed by atoms with Gasteiger partial charge in [-0.15, -0.1) is 22.7 Å². The van der Waals surface area contributed by atoms with Gasteiger partial charge in [-0.05, 0) is 117 Å². The van der Waals surface area contributed by atoms with E-state index in [2.05, 4.69) is 54.6 Å². The van der Waals surface area contributed by atoms with Gasteiger partial charge in [0.25, 0.3) is 0 Å². The maximum absolute atomic E-state index is 11.5. The molecule has 7 heteroatoms. The maximum Gasteiger partial charge on any atom is 0.306 e. The second-order valence-electron chi connectivity index (χ2n) is 11.6. The lowest BCUT2D eigenvalue weighted by Crippen LogP contribution is -2.10. The van der Waals surface area contributed by atoms with Gasteiger partial charge < -0.3 is 5.11 Å². The highest BCUT2D eigenvalue weighted by Crippen LogP contribution is 2.39. The normalized spacial score (nSPS) is 21.6. The summed E-state index contributed by atoms with van der Waals surface area (Å²) in [7, 11) is 0. The van der Waals surface area contributed by atoms with Crippen LogP contribution in [0.1, 0.15) is 56.6 Å². The third-order valence-electron chi connectivity index (χ3n) is 8.74. The molecule has 0 aliphatic heterocycles. The van der Waals surface area contributed by atoms with Crippen LogP contribution in [0.25, 0.3) is 20.9 Å². The molecule has 2 aliphatic carbocycles. The zero-order valence-electron chi connectivity index (χ0n) is 23.7. The summed E-state index contributed by atoms with van der Waals surface area (Å²) in [6.45, 7) is 1.73. The van der Waals surface area contributed by atoms with Crippen molar-refractivity contribution in [2.24, 2.45) is 23.7 Å². The van der Waals surface area contributed by atoms with E-state index in [1.54, 1.807) is 29.6 Å². The fourth-order valence-electron chi connectivity index (χ4n) is 6.53. The standard InChI is InChI=1S/C18H19ClOS.C17H17ClO2S/c1-12(20)14-7-6-13(10-14)11-15-4-2-3-5-16(15)17-8-9-18(19)21-17;18-16-8-7-15(21-16)14-4-2-1-3-12(14)9-11-5-6-13(10-11)17(19)20/h2-5,8-9,13-14H,6-7,10-11H2,1H3;1-4,7-8,11,13H,5-6,9-10H2,(H,19,20)/t13-,14-;11-,13+/m10/s1. The van der Waals surface area contributed by atoms with Crippen molar-refractivity contribution in [2.45, 2.75) is 58.3 Å². The molecule has 6 rings (SSSR count). The number of benzene rings is 2. The smallest absolute Gasteiger partial charge is 0.306 e. The van der Waals surface area contributed by atoms with Gasteiger partial charge in [0.15, 0.2) is 0 Å². The van der Waals surface area contributed by atoms with Crippen LogP contribution in [0.15, 0.2) is 72.8 Å². The number of halogens is 2. The lowest BCUT2D eigenvalue weighted by Gasteiger charge is -2.13. The van der Waals surface area contributed by atoms with E-state index in [0.29, 0.717) is 23.5 Å². The topological polar surface area (TPSA) is 54.4 Å². The van der Waals surface area contributed by atoms with Gasteiger partial charge in [-0.25, -0.2) is 0 Å². The van der Waals surface area contributed by atoms with E-state index >= 15 is 0 Å². The molecule has 2 aliphatic rings. The van der Waals surface area contributed by atoms with Gasteiger partial charge in [0.05, 0.1) is 14.6 Å². The Kier molecular flexibility index (Phi) is 10.6. The van der Waals surface area contributed by atoms with Crippen LogP contribution in [0, 0.1) is 23.7 Å². The molecule has 2 saturated carbocycles. The van der Waals surface area contributed by atoms with Gasteiger partial charge in [0, 0.05) is 15.7 Å². The number of Topliss-reactive ketones (excluding diaryl/α,β-unsaturated/α-hetero) is 1. The first-order valence-electron chi connectivity index (χ1n) is 14.7. The van der Waals surface area contributed by atoms with Crippen LogP contribution in [-0.4, -0.2) is 16.9 Å². The van der Waals surface area contributed by atoms with Gasteiger partial charge in [-0.3, -0.25) is 9.59 Å². The molecule has 2 aromatic carbocycles. The van der Waals surface area contributed by atoms with Crippen LogP contribution in [0.3, 0.4) is 0 Å². The summed E-state index contributed by atoms with van der Waals surface area (Å²) in [4.78, 5) is 25.0. The minimum Gasteiger partial charge on any atom is -0.481 e. The summed E-state index contributed by atoms with van der Waals surface area (Å²) < 4.78 is 1.63. The van der Waals surface area contributed by atoms with E-state index in [9.17, 15) is 9.59 Å². The highest BCUT2D eigenvalue weighted by atomic mass is 35.5. The van der Waals surface area contributed by atoms with Crippen LogP contribution >= 0.6 is 45.9 Å². The number of carboxylic acids is 1. The van der Waals surface area contributed by atoms with Crippen molar-refractivity contribution in [3.63, 3.8) is 0 Å². The molecule has 2 aromatic heterocycles. The molecule has 3 nitrogen and oxygen atoms in total. The third kappa shape index (κ3) is 7.93. The minimum atomic E-state index is -0.643. The second-order valence-corrected chi connectivity index (χ2v) is 15.1. The molecule has 0 bridgehead atoms. The first-order chi connectivity index (χ1) is 20.3. The molecule has 2 fully saturated rings. The van der Waals surface area contributed by atoms with E-state index in [4.69, 9.17) is 28.3 Å². The molecule has 0 unspecified atom stereocenters. The Morgan fingerprint density at radius 1 is 0.690 bits per heavy atom.